The van der Waals surface area contributed by atoms with Crippen molar-refractivity contribution < 1.29 is 9.72 Å². The molecule has 0 atom stereocenters. The number of rotatable bonds is 5. The zero-order chi connectivity index (χ0) is 14.7. The van der Waals surface area contributed by atoms with Crippen molar-refractivity contribution in [2.45, 2.75) is 19.3 Å². The van der Waals surface area contributed by atoms with Crippen molar-refractivity contribution in [1.29, 1.82) is 0 Å². The van der Waals surface area contributed by atoms with Crippen LogP contribution in [0.3, 0.4) is 0 Å². The Hall–Kier alpha value is -2.18. The van der Waals surface area contributed by atoms with Crippen LogP contribution in [0.15, 0.2) is 12.3 Å². The zero-order valence-electron chi connectivity index (χ0n) is 11.6. The number of nitro groups is 1. The standard InChI is InChI=1S/C13H18N4O3/c1-14-12-6-10(11(7-15-12)17(19)20)13(18)16(2)8-9-4-3-5-9/h6-7,9H,3-5,8H2,1-2H3,(H,14,15). The molecule has 1 heterocycles. The van der Waals surface area contributed by atoms with E-state index >= 15 is 0 Å². The Labute approximate surface area is 117 Å². The van der Waals surface area contributed by atoms with Crippen LogP contribution in [0.25, 0.3) is 0 Å². The van der Waals surface area contributed by atoms with Crippen LogP contribution in [-0.2, 0) is 0 Å². The normalized spacial score (nSPS) is 14.5. The first-order valence-electron chi connectivity index (χ1n) is 6.60. The molecule has 0 unspecified atom stereocenters. The minimum absolute atomic E-state index is 0.0798. The van der Waals surface area contributed by atoms with Crippen molar-refractivity contribution in [3.63, 3.8) is 0 Å². The molecule has 0 saturated heterocycles. The van der Waals surface area contributed by atoms with Gasteiger partial charge >= 0.3 is 0 Å². The largest absolute Gasteiger partial charge is 0.373 e. The molecule has 1 aliphatic rings. The average molecular weight is 278 g/mol. The molecule has 0 aliphatic heterocycles. The van der Waals surface area contributed by atoms with E-state index in [1.165, 1.54) is 12.5 Å². The molecule has 1 aromatic heterocycles. The lowest BCUT2D eigenvalue weighted by Gasteiger charge is -2.30. The van der Waals surface area contributed by atoms with Gasteiger partial charge in [-0.25, -0.2) is 4.98 Å². The highest BCUT2D eigenvalue weighted by Gasteiger charge is 2.27. The summed E-state index contributed by atoms with van der Waals surface area (Å²) in [6.07, 6.45) is 4.57. The molecule has 1 aromatic rings. The predicted octanol–water partition coefficient (Wildman–Crippen LogP) is 1.90. The van der Waals surface area contributed by atoms with E-state index in [1.807, 2.05) is 0 Å². The second-order valence-electron chi connectivity index (χ2n) is 5.08. The first-order valence-corrected chi connectivity index (χ1v) is 6.60. The van der Waals surface area contributed by atoms with E-state index in [4.69, 9.17) is 0 Å². The van der Waals surface area contributed by atoms with Crippen molar-refractivity contribution in [3.8, 4) is 0 Å². The smallest absolute Gasteiger partial charge is 0.300 e. The number of nitrogens with zero attached hydrogens (tertiary/aromatic N) is 3. The minimum atomic E-state index is -0.573. The molecule has 108 valence electrons. The van der Waals surface area contributed by atoms with E-state index in [2.05, 4.69) is 10.3 Å². The summed E-state index contributed by atoms with van der Waals surface area (Å²) in [7, 11) is 3.34. The monoisotopic (exact) mass is 278 g/mol. The number of aromatic nitrogens is 1. The van der Waals surface area contributed by atoms with E-state index < -0.39 is 4.92 Å². The highest BCUT2D eigenvalue weighted by atomic mass is 16.6. The van der Waals surface area contributed by atoms with Gasteiger partial charge in [0.1, 0.15) is 17.6 Å². The van der Waals surface area contributed by atoms with Crippen LogP contribution in [0, 0.1) is 16.0 Å². The molecule has 1 fully saturated rings. The van der Waals surface area contributed by atoms with Crippen molar-refractivity contribution >= 4 is 17.4 Å². The Morgan fingerprint density at radius 2 is 2.30 bits per heavy atom. The van der Waals surface area contributed by atoms with Gasteiger partial charge in [0.15, 0.2) is 0 Å². The molecule has 1 amide bonds. The van der Waals surface area contributed by atoms with Crippen LogP contribution in [-0.4, -0.2) is 41.4 Å². The van der Waals surface area contributed by atoms with E-state index in [9.17, 15) is 14.9 Å². The second kappa shape index (κ2) is 5.85. The fourth-order valence-electron chi connectivity index (χ4n) is 2.25. The van der Waals surface area contributed by atoms with Crippen molar-refractivity contribution in [2.75, 3.05) is 26.0 Å². The number of carbonyl (C=O) groups is 1. The van der Waals surface area contributed by atoms with E-state index in [0.717, 1.165) is 19.0 Å². The van der Waals surface area contributed by atoms with Crippen molar-refractivity contribution in [1.82, 2.24) is 9.88 Å². The minimum Gasteiger partial charge on any atom is -0.373 e. The molecule has 1 saturated carbocycles. The topological polar surface area (TPSA) is 88.4 Å². The summed E-state index contributed by atoms with van der Waals surface area (Å²) < 4.78 is 0. The molecule has 1 N–H and O–H groups in total. The van der Waals surface area contributed by atoms with Crippen LogP contribution < -0.4 is 5.32 Å². The predicted molar refractivity (Wildman–Crippen MR) is 74.7 cm³/mol. The maximum Gasteiger partial charge on any atom is 0.300 e. The summed E-state index contributed by atoms with van der Waals surface area (Å²) in [4.78, 5) is 28.3. The van der Waals surface area contributed by atoms with Crippen molar-refractivity contribution in [3.05, 3.63) is 27.9 Å². The van der Waals surface area contributed by atoms with Crippen LogP contribution in [0.1, 0.15) is 29.6 Å². The maximum atomic E-state index is 12.4. The summed E-state index contributed by atoms with van der Waals surface area (Å²) in [6, 6.07) is 1.43. The van der Waals surface area contributed by atoms with Gasteiger partial charge in [0, 0.05) is 26.7 Å². The van der Waals surface area contributed by atoms with Crippen LogP contribution in [0.5, 0.6) is 0 Å². The van der Waals surface area contributed by atoms with E-state index in [-0.39, 0.29) is 17.2 Å². The van der Waals surface area contributed by atoms with Crippen LogP contribution in [0.4, 0.5) is 11.5 Å². The Kier molecular flexibility index (Phi) is 4.16. The molecule has 0 spiro atoms. The number of anilines is 1. The van der Waals surface area contributed by atoms with Gasteiger partial charge in [-0.15, -0.1) is 0 Å². The van der Waals surface area contributed by atoms with Crippen LogP contribution in [0.2, 0.25) is 0 Å². The van der Waals surface area contributed by atoms with Crippen LogP contribution >= 0.6 is 0 Å². The first kappa shape index (κ1) is 14.2. The first-order chi connectivity index (χ1) is 9.52. The lowest BCUT2D eigenvalue weighted by molar-refractivity contribution is -0.385. The lowest BCUT2D eigenvalue weighted by atomic mass is 9.85. The number of pyridine rings is 1. The van der Waals surface area contributed by atoms with Gasteiger partial charge in [0.05, 0.1) is 4.92 Å². The summed E-state index contributed by atoms with van der Waals surface area (Å²) in [5, 5.41) is 13.8. The van der Waals surface area contributed by atoms with Gasteiger partial charge in [-0.1, -0.05) is 6.42 Å². The highest BCUT2D eigenvalue weighted by Crippen LogP contribution is 2.28. The molecule has 20 heavy (non-hydrogen) atoms. The van der Waals surface area contributed by atoms with E-state index in [0.29, 0.717) is 18.3 Å². The SMILES string of the molecule is CNc1cc(C(=O)N(C)CC2CCC2)c([N+](=O)[O-])cn1. The average Bonchev–Trinajstić information content (AvgIpc) is 2.40. The maximum absolute atomic E-state index is 12.4. The molecule has 0 bridgehead atoms. The van der Waals surface area contributed by atoms with Crippen molar-refractivity contribution in [2.24, 2.45) is 5.92 Å². The fraction of sp³-hybridized carbons (Fsp3) is 0.538. The van der Waals surface area contributed by atoms with Gasteiger partial charge in [-0.3, -0.25) is 14.9 Å². The Balaban J connectivity index is 2.23. The number of nitrogens with one attached hydrogen (secondary N) is 1. The number of hydrogen-bond acceptors (Lipinski definition) is 5. The van der Waals surface area contributed by atoms with Gasteiger partial charge in [-0.05, 0) is 18.8 Å². The molecule has 7 nitrogen and oxygen atoms in total. The molecule has 7 heteroatoms. The zero-order valence-corrected chi connectivity index (χ0v) is 11.6. The third kappa shape index (κ3) is 2.87. The van der Waals surface area contributed by atoms with Gasteiger partial charge in [0.2, 0.25) is 0 Å². The molecule has 0 aromatic carbocycles. The number of carbonyl (C=O) groups excluding carboxylic acids is 1. The van der Waals surface area contributed by atoms with Gasteiger partial charge in [-0.2, -0.15) is 0 Å². The molecular weight excluding hydrogens is 260 g/mol. The van der Waals surface area contributed by atoms with E-state index in [1.54, 1.807) is 19.0 Å². The lowest BCUT2D eigenvalue weighted by Crippen LogP contribution is -2.34. The van der Waals surface area contributed by atoms with Gasteiger partial charge in [0.25, 0.3) is 11.6 Å². The second-order valence-corrected chi connectivity index (χ2v) is 5.08. The number of amides is 1. The summed E-state index contributed by atoms with van der Waals surface area (Å²) in [5.41, 5.74) is -0.175. The highest BCUT2D eigenvalue weighted by molar-refractivity contribution is 5.98. The number of hydrogen-bond donors (Lipinski definition) is 1. The third-order valence-corrected chi connectivity index (χ3v) is 3.67. The Morgan fingerprint density at radius 1 is 1.60 bits per heavy atom. The molecule has 2 rings (SSSR count). The Bertz CT molecular complexity index is 528. The Morgan fingerprint density at radius 3 is 2.80 bits per heavy atom. The summed E-state index contributed by atoms with van der Waals surface area (Å²) >= 11 is 0. The quantitative estimate of drug-likeness (QED) is 0.656. The molecular formula is C13H18N4O3. The van der Waals surface area contributed by atoms with Gasteiger partial charge < -0.3 is 10.2 Å². The summed E-state index contributed by atoms with van der Waals surface area (Å²) in [6.45, 7) is 0.646. The third-order valence-electron chi connectivity index (χ3n) is 3.67. The fourth-order valence-corrected chi connectivity index (χ4v) is 2.25. The molecule has 0 radical (unpaired) electrons. The summed E-state index contributed by atoms with van der Waals surface area (Å²) in [5.74, 6) is 0.632. The molecule has 1 aliphatic carbocycles.